The van der Waals surface area contributed by atoms with Gasteiger partial charge >= 0.3 is 0 Å². The fourth-order valence-corrected chi connectivity index (χ4v) is 3.10. The highest BCUT2D eigenvalue weighted by Gasteiger charge is 2.49. The lowest BCUT2D eigenvalue weighted by Crippen LogP contribution is -2.66. The van der Waals surface area contributed by atoms with Crippen molar-refractivity contribution in [2.45, 2.75) is 25.3 Å². The zero-order valence-electron chi connectivity index (χ0n) is 15.1. The van der Waals surface area contributed by atoms with Gasteiger partial charge in [0.1, 0.15) is 22.9 Å². The number of methoxy groups -OCH3 is 1. The highest BCUT2D eigenvalue weighted by atomic mass is 19.1. The van der Waals surface area contributed by atoms with Gasteiger partial charge in [0.05, 0.1) is 13.5 Å². The van der Waals surface area contributed by atoms with Crippen molar-refractivity contribution in [2.75, 3.05) is 19.0 Å². The number of halogens is 2. The van der Waals surface area contributed by atoms with Gasteiger partial charge in [0.2, 0.25) is 11.8 Å². The van der Waals surface area contributed by atoms with Crippen LogP contribution in [0.4, 0.5) is 14.5 Å². The number of benzene rings is 2. The summed E-state index contributed by atoms with van der Waals surface area (Å²) < 4.78 is 32.2. The molecule has 0 saturated carbocycles. The molecule has 1 saturated heterocycles. The summed E-state index contributed by atoms with van der Waals surface area (Å²) in [6, 6.07) is 9.88. The fourth-order valence-electron chi connectivity index (χ4n) is 3.10. The van der Waals surface area contributed by atoms with E-state index in [2.05, 4.69) is 5.32 Å². The number of likely N-dealkylation sites (tertiary alicyclic amines) is 1. The minimum atomic E-state index is -1.04. The van der Waals surface area contributed by atoms with Crippen LogP contribution >= 0.6 is 0 Å². The molecule has 2 aromatic carbocycles. The van der Waals surface area contributed by atoms with Crippen LogP contribution in [0, 0.1) is 11.6 Å². The zero-order chi connectivity index (χ0) is 19.6. The van der Waals surface area contributed by atoms with Gasteiger partial charge in [0.15, 0.2) is 0 Å². The molecule has 1 atom stereocenters. The third kappa shape index (κ3) is 3.77. The molecule has 1 heterocycles. The molecule has 0 spiro atoms. The summed E-state index contributed by atoms with van der Waals surface area (Å²) >= 11 is 0. The van der Waals surface area contributed by atoms with Crippen molar-refractivity contribution in [3.8, 4) is 5.75 Å². The number of ether oxygens (including phenoxy) is 1. The van der Waals surface area contributed by atoms with Crippen LogP contribution in [-0.4, -0.2) is 35.9 Å². The Balaban J connectivity index is 1.71. The number of anilines is 1. The monoisotopic (exact) mass is 374 g/mol. The van der Waals surface area contributed by atoms with Crippen LogP contribution in [-0.2, 0) is 16.0 Å². The summed E-state index contributed by atoms with van der Waals surface area (Å²) in [5.74, 6) is -1.42. The maximum atomic E-state index is 13.8. The smallest absolute Gasteiger partial charge is 0.250 e. The van der Waals surface area contributed by atoms with Crippen molar-refractivity contribution in [1.82, 2.24) is 4.90 Å². The molecule has 3 rings (SSSR count). The van der Waals surface area contributed by atoms with E-state index < -0.39 is 23.1 Å². The van der Waals surface area contributed by atoms with Crippen molar-refractivity contribution in [3.63, 3.8) is 0 Å². The summed E-state index contributed by atoms with van der Waals surface area (Å²) in [7, 11) is 1.53. The molecule has 0 aromatic heterocycles. The molecule has 0 aliphatic carbocycles. The Labute approximate surface area is 155 Å². The lowest BCUT2D eigenvalue weighted by atomic mass is 9.84. The van der Waals surface area contributed by atoms with Gasteiger partial charge in [-0.1, -0.05) is 6.07 Å². The van der Waals surface area contributed by atoms with E-state index in [1.807, 2.05) is 0 Å². The van der Waals surface area contributed by atoms with Crippen LogP contribution in [0.2, 0.25) is 0 Å². The standard InChI is InChI=1S/C20H20F2N2O3/c1-20(19(26)23-15-4-3-5-16(12-15)27-2)8-9-24(20)18(25)11-13-10-14(21)6-7-17(13)22/h3-7,10,12H,8-9,11H2,1-2H3,(H,23,26). The minimum absolute atomic E-state index is 0.0255. The van der Waals surface area contributed by atoms with Gasteiger partial charge < -0.3 is 15.0 Å². The lowest BCUT2D eigenvalue weighted by Gasteiger charge is -2.49. The Morgan fingerprint density at radius 1 is 1.22 bits per heavy atom. The van der Waals surface area contributed by atoms with Crippen LogP contribution in [0.15, 0.2) is 42.5 Å². The maximum absolute atomic E-state index is 13.8. The van der Waals surface area contributed by atoms with Crippen molar-refractivity contribution in [1.29, 1.82) is 0 Å². The SMILES string of the molecule is COc1cccc(NC(=O)C2(C)CCN2C(=O)Cc2cc(F)ccc2F)c1. The predicted molar refractivity (Wildman–Crippen MR) is 96.4 cm³/mol. The van der Waals surface area contributed by atoms with E-state index in [4.69, 9.17) is 4.74 Å². The van der Waals surface area contributed by atoms with E-state index in [-0.39, 0.29) is 17.9 Å². The number of carbonyl (C=O) groups is 2. The normalized spacial score (nSPS) is 18.6. The average Bonchev–Trinajstić information content (AvgIpc) is 2.63. The van der Waals surface area contributed by atoms with E-state index in [1.165, 1.54) is 12.0 Å². The van der Waals surface area contributed by atoms with Gasteiger partial charge in [0, 0.05) is 23.9 Å². The van der Waals surface area contributed by atoms with Crippen molar-refractivity contribution in [3.05, 3.63) is 59.7 Å². The third-order valence-electron chi connectivity index (χ3n) is 4.89. The summed E-state index contributed by atoms with van der Waals surface area (Å²) in [4.78, 5) is 26.7. The molecule has 2 aromatic rings. The Bertz CT molecular complexity index is 887. The van der Waals surface area contributed by atoms with Crippen LogP contribution in [0.3, 0.4) is 0 Å². The molecule has 1 N–H and O–H groups in total. The van der Waals surface area contributed by atoms with E-state index in [1.54, 1.807) is 31.2 Å². The molecular formula is C20H20F2N2O3. The fraction of sp³-hybridized carbons (Fsp3) is 0.300. The molecule has 1 aliphatic heterocycles. The molecule has 7 heteroatoms. The third-order valence-corrected chi connectivity index (χ3v) is 4.89. The van der Waals surface area contributed by atoms with E-state index in [0.717, 1.165) is 18.2 Å². The van der Waals surface area contributed by atoms with Gasteiger partial charge in [-0.2, -0.15) is 0 Å². The first-order chi connectivity index (χ1) is 12.8. The molecule has 5 nitrogen and oxygen atoms in total. The molecule has 1 aliphatic rings. The first kappa shape index (κ1) is 18.8. The van der Waals surface area contributed by atoms with Crippen LogP contribution in [0.1, 0.15) is 18.9 Å². The molecule has 0 bridgehead atoms. The highest BCUT2D eigenvalue weighted by Crippen LogP contribution is 2.33. The van der Waals surface area contributed by atoms with E-state index in [9.17, 15) is 18.4 Å². The van der Waals surface area contributed by atoms with Crippen molar-refractivity contribution >= 4 is 17.5 Å². The number of carbonyl (C=O) groups excluding carboxylic acids is 2. The van der Waals surface area contributed by atoms with Gasteiger partial charge in [-0.25, -0.2) is 8.78 Å². The molecule has 142 valence electrons. The quantitative estimate of drug-likeness (QED) is 0.875. The number of rotatable bonds is 5. The lowest BCUT2D eigenvalue weighted by molar-refractivity contribution is -0.154. The molecule has 0 radical (unpaired) electrons. The average molecular weight is 374 g/mol. The van der Waals surface area contributed by atoms with Crippen molar-refractivity contribution < 1.29 is 23.1 Å². The van der Waals surface area contributed by atoms with Crippen LogP contribution < -0.4 is 10.1 Å². The molecule has 1 unspecified atom stereocenters. The second-order valence-corrected chi connectivity index (χ2v) is 6.67. The second kappa shape index (κ2) is 7.34. The number of nitrogens with one attached hydrogen (secondary N) is 1. The minimum Gasteiger partial charge on any atom is -0.497 e. The first-order valence-electron chi connectivity index (χ1n) is 8.53. The van der Waals surface area contributed by atoms with E-state index in [0.29, 0.717) is 24.4 Å². The topological polar surface area (TPSA) is 58.6 Å². The number of hydrogen-bond acceptors (Lipinski definition) is 3. The first-order valence-corrected chi connectivity index (χ1v) is 8.53. The Hall–Kier alpha value is -2.96. The number of amides is 2. The summed E-state index contributed by atoms with van der Waals surface area (Å²) in [5.41, 5.74) is -0.511. The zero-order valence-corrected chi connectivity index (χ0v) is 15.1. The number of nitrogens with zero attached hydrogens (tertiary/aromatic N) is 1. The summed E-state index contributed by atoms with van der Waals surface area (Å²) in [5, 5.41) is 2.78. The summed E-state index contributed by atoms with van der Waals surface area (Å²) in [6.45, 7) is 2.05. The Morgan fingerprint density at radius 3 is 2.67 bits per heavy atom. The Kier molecular flexibility index (Phi) is 5.12. The highest BCUT2D eigenvalue weighted by molar-refractivity contribution is 6.01. The van der Waals surface area contributed by atoms with Crippen molar-refractivity contribution in [2.24, 2.45) is 0 Å². The molecule has 2 amide bonds. The van der Waals surface area contributed by atoms with Crippen LogP contribution in [0.5, 0.6) is 5.75 Å². The second-order valence-electron chi connectivity index (χ2n) is 6.67. The van der Waals surface area contributed by atoms with Gasteiger partial charge in [-0.05, 0) is 43.7 Å². The number of hydrogen-bond donors (Lipinski definition) is 1. The summed E-state index contributed by atoms with van der Waals surface area (Å²) in [6.07, 6.45) is 0.186. The van der Waals surface area contributed by atoms with Gasteiger partial charge in [-0.15, -0.1) is 0 Å². The van der Waals surface area contributed by atoms with Gasteiger partial charge in [0.25, 0.3) is 0 Å². The maximum Gasteiger partial charge on any atom is 0.250 e. The molecule has 1 fully saturated rings. The predicted octanol–water partition coefficient (Wildman–Crippen LogP) is 3.15. The van der Waals surface area contributed by atoms with Gasteiger partial charge in [-0.3, -0.25) is 9.59 Å². The molecular weight excluding hydrogens is 354 g/mol. The largest absolute Gasteiger partial charge is 0.497 e. The van der Waals surface area contributed by atoms with Crippen LogP contribution in [0.25, 0.3) is 0 Å². The van der Waals surface area contributed by atoms with E-state index >= 15 is 0 Å². The molecule has 27 heavy (non-hydrogen) atoms. The Morgan fingerprint density at radius 2 is 2.00 bits per heavy atom.